The van der Waals surface area contributed by atoms with Crippen LogP contribution in [0.4, 0.5) is 0 Å². The van der Waals surface area contributed by atoms with Gasteiger partial charge in [-0.05, 0) is 13.0 Å². The molecule has 0 fully saturated rings. The molecule has 86 valence electrons. The Kier molecular flexibility index (Phi) is 3.23. The maximum Gasteiger partial charge on any atom is 0.108 e. The number of hydrogen-bond donors (Lipinski definition) is 4. The minimum atomic E-state index is -0.895. The molecule has 2 rings (SSSR count). The summed E-state index contributed by atoms with van der Waals surface area (Å²) >= 11 is 3.99. The lowest BCUT2D eigenvalue weighted by molar-refractivity contribution is 0.0343. The van der Waals surface area contributed by atoms with Gasteiger partial charge in [0.2, 0.25) is 0 Å². The topological polar surface area (TPSA) is 56.2 Å². The fourth-order valence-electron chi connectivity index (χ4n) is 1.97. The Labute approximate surface area is 99.5 Å². The molecule has 0 spiro atoms. The van der Waals surface area contributed by atoms with Crippen LogP contribution in [0, 0.1) is 6.92 Å². The molecule has 0 radical (unpaired) electrons. The van der Waals surface area contributed by atoms with E-state index in [1.807, 2.05) is 31.2 Å². The second-order valence-corrected chi connectivity index (χ2v) is 4.27. The van der Waals surface area contributed by atoms with Crippen molar-refractivity contribution in [1.82, 2.24) is 4.98 Å². The molecule has 0 saturated carbocycles. The van der Waals surface area contributed by atoms with E-state index in [1.165, 1.54) is 0 Å². The maximum atomic E-state index is 10.0. The van der Waals surface area contributed by atoms with Crippen LogP contribution >= 0.6 is 12.6 Å². The second-order valence-electron chi connectivity index (χ2n) is 3.90. The van der Waals surface area contributed by atoms with Gasteiger partial charge in [0.05, 0.1) is 6.10 Å². The summed E-state index contributed by atoms with van der Waals surface area (Å²) in [7, 11) is 0. The van der Waals surface area contributed by atoms with Gasteiger partial charge in [0.1, 0.15) is 6.10 Å². The van der Waals surface area contributed by atoms with Crippen molar-refractivity contribution >= 4 is 23.5 Å². The summed E-state index contributed by atoms with van der Waals surface area (Å²) in [6, 6.07) is 7.73. The predicted octanol–water partition coefficient (Wildman–Crippen LogP) is 1.80. The van der Waals surface area contributed by atoms with E-state index in [0.717, 1.165) is 22.2 Å². The van der Waals surface area contributed by atoms with Gasteiger partial charge in [-0.25, -0.2) is 0 Å². The summed E-state index contributed by atoms with van der Waals surface area (Å²) in [4.78, 5) is 3.19. The Morgan fingerprint density at radius 2 is 2.00 bits per heavy atom. The van der Waals surface area contributed by atoms with Crippen LogP contribution in [-0.4, -0.2) is 27.1 Å². The number of thiol groups is 1. The molecule has 0 amide bonds. The van der Waals surface area contributed by atoms with E-state index < -0.39 is 12.2 Å². The molecule has 0 aliphatic heterocycles. The van der Waals surface area contributed by atoms with E-state index in [0.29, 0.717) is 0 Å². The van der Waals surface area contributed by atoms with Crippen molar-refractivity contribution < 1.29 is 10.2 Å². The van der Waals surface area contributed by atoms with Gasteiger partial charge in [0, 0.05) is 27.9 Å². The van der Waals surface area contributed by atoms with Crippen molar-refractivity contribution in [1.29, 1.82) is 0 Å². The van der Waals surface area contributed by atoms with E-state index in [-0.39, 0.29) is 5.75 Å². The van der Waals surface area contributed by atoms with Gasteiger partial charge in [-0.2, -0.15) is 12.6 Å². The number of para-hydroxylation sites is 1. The van der Waals surface area contributed by atoms with E-state index in [4.69, 9.17) is 0 Å². The zero-order valence-corrected chi connectivity index (χ0v) is 9.91. The first-order chi connectivity index (χ1) is 7.65. The van der Waals surface area contributed by atoms with E-state index in [9.17, 15) is 10.2 Å². The van der Waals surface area contributed by atoms with Crippen LogP contribution in [0.25, 0.3) is 10.9 Å². The molecular formula is C12H15NO2S. The lowest BCUT2D eigenvalue weighted by atomic mass is 10.0. The van der Waals surface area contributed by atoms with Crippen LogP contribution in [0.3, 0.4) is 0 Å². The van der Waals surface area contributed by atoms with Crippen LogP contribution in [0.5, 0.6) is 0 Å². The quantitative estimate of drug-likeness (QED) is 0.615. The Morgan fingerprint density at radius 1 is 1.31 bits per heavy atom. The molecule has 0 saturated heterocycles. The van der Waals surface area contributed by atoms with Gasteiger partial charge in [0.25, 0.3) is 0 Å². The third kappa shape index (κ3) is 1.84. The van der Waals surface area contributed by atoms with E-state index in [1.54, 1.807) is 0 Å². The highest BCUT2D eigenvalue weighted by molar-refractivity contribution is 7.80. The number of benzene rings is 1. The number of aryl methyl sites for hydroxylation is 1. The molecular weight excluding hydrogens is 222 g/mol. The molecule has 2 aromatic rings. The lowest BCUT2D eigenvalue weighted by Gasteiger charge is -2.16. The van der Waals surface area contributed by atoms with E-state index >= 15 is 0 Å². The smallest absolute Gasteiger partial charge is 0.108 e. The average Bonchev–Trinajstić information content (AvgIpc) is 2.63. The summed E-state index contributed by atoms with van der Waals surface area (Å²) < 4.78 is 0. The van der Waals surface area contributed by atoms with Crippen LogP contribution < -0.4 is 0 Å². The molecule has 0 bridgehead atoms. The normalized spacial score (nSPS) is 15.2. The molecule has 2 atom stereocenters. The highest BCUT2D eigenvalue weighted by Gasteiger charge is 2.22. The Bertz CT molecular complexity index is 495. The molecule has 1 aromatic carbocycles. The number of aliphatic hydroxyl groups is 2. The van der Waals surface area contributed by atoms with Crippen LogP contribution in [-0.2, 0) is 0 Å². The van der Waals surface area contributed by atoms with E-state index in [2.05, 4.69) is 17.6 Å². The number of H-pyrrole nitrogens is 1. The maximum absolute atomic E-state index is 10.0. The molecule has 3 N–H and O–H groups in total. The minimum absolute atomic E-state index is 0.236. The average molecular weight is 237 g/mol. The number of nitrogens with one attached hydrogen (secondary N) is 1. The van der Waals surface area contributed by atoms with Crippen LogP contribution in [0.15, 0.2) is 24.3 Å². The molecule has 3 nitrogen and oxygen atoms in total. The van der Waals surface area contributed by atoms with Crippen LogP contribution in [0.1, 0.15) is 17.4 Å². The van der Waals surface area contributed by atoms with Crippen molar-refractivity contribution in [2.75, 3.05) is 5.75 Å². The molecule has 1 aromatic heterocycles. The van der Waals surface area contributed by atoms with Crippen molar-refractivity contribution in [3.63, 3.8) is 0 Å². The Hall–Kier alpha value is -0.970. The van der Waals surface area contributed by atoms with Crippen molar-refractivity contribution in [2.24, 2.45) is 0 Å². The summed E-state index contributed by atoms with van der Waals surface area (Å²) in [5.41, 5.74) is 2.62. The SMILES string of the molecule is Cc1[nH]c2ccccc2c1C(O)C(O)CS. The first-order valence-electron chi connectivity index (χ1n) is 5.19. The standard InChI is InChI=1S/C12H15NO2S/c1-7-11(12(15)10(14)6-16)8-4-2-3-5-9(8)13-7/h2-5,10,12-16H,6H2,1H3. The number of aliphatic hydroxyl groups excluding tert-OH is 2. The van der Waals surface area contributed by atoms with Crippen LogP contribution in [0.2, 0.25) is 0 Å². The summed E-state index contributed by atoms with van der Waals surface area (Å²) in [6.07, 6.45) is -1.74. The third-order valence-corrected chi connectivity index (χ3v) is 3.16. The minimum Gasteiger partial charge on any atom is -0.389 e. The molecule has 0 aliphatic carbocycles. The fourth-order valence-corrected chi connectivity index (χ4v) is 2.17. The molecule has 4 heteroatoms. The van der Waals surface area contributed by atoms with Crippen molar-refractivity contribution in [3.8, 4) is 0 Å². The van der Waals surface area contributed by atoms with Gasteiger partial charge in [-0.3, -0.25) is 0 Å². The molecule has 2 unspecified atom stereocenters. The predicted molar refractivity (Wildman–Crippen MR) is 67.9 cm³/mol. The van der Waals surface area contributed by atoms with Gasteiger partial charge in [-0.1, -0.05) is 18.2 Å². The fraction of sp³-hybridized carbons (Fsp3) is 0.333. The lowest BCUT2D eigenvalue weighted by Crippen LogP contribution is -2.20. The summed E-state index contributed by atoms with van der Waals surface area (Å²) in [5.74, 6) is 0.236. The zero-order valence-electron chi connectivity index (χ0n) is 9.01. The summed E-state index contributed by atoms with van der Waals surface area (Å²) in [6.45, 7) is 1.89. The summed E-state index contributed by atoms with van der Waals surface area (Å²) in [5, 5.41) is 20.6. The molecule has 0 aliphatic rings. The Balaban J connectivity index is 2.54. The van der Waals surface area contributed by atoms with Crippen molar-refractivity contribution in [2.45, 2.75) is 19.1 Å². The number of hydrogen-bond acceptors (Lipinski definition) is 3. The Morgan fingerprint density at radius 3 is 2.69 bits per heavy atom. The largest absolute Gasteiger partial charge is 0.389 e. The number of aromatic nitrogens is 1. The highest BCUT2D eigenvalue weighted by atomic mass is 32.1. The molecule has 16 heavy (non-hydrogen) atoms. The first kappa shape index (κ1) is 11.5. The van der Waals surface area contributed by atoms with Gasteiger partial charge >= 0.3 is 0 Å². The monoisotopic (exact) mass is 237 g/mol. The third-order valence-electron chi connectivity index (χ3n) is 2.79. The van der Waals surface area contributed by atoms with Gasteiger partial charge in [-0.15, -0.1) is 0 Å². The molecule has 1 heterocycles. The van der Waals surface area contributed by atoms with Gasteiger partial charge < -0.3 is 15.2 Å². The zero-order chi connectivity index (χ0) is 11.7. The number of fused-ring (bicyclic) bond motifs is 1. The van der Waals surface area contributed by atoms with Crippen molar-refractivity contribution in [3.05, 3.63) is 35.5 Å². The second kappa shape index (κ2) is 4.49. The highest BCUT2D eigenvalue weighted by Crippen LogP contribution is 2.29. The van der Waals surface area contributed by atoms with Gasteiger partial charge in [0.15, 0.2) is 0 Å². The number of rotatable bonds is 3. The number of aromatic amines is 1. The first-order valence-corrected chi connectivity index (χ1v) is 5.82.